The number of H-pyrrole nitrogens is 1. The number of aromatic nitrogens is 2. The van der Waals surface area contributed by atoms with Crippen molar-refractivity contribution < 1.29 is 38.1 Å². The number of aromatic amines is 1. The van der Waals surface area contributed by atoms with E-state index in [0.717, 1.165) is 47.3 Å². The average molecular weight is 1370 g/mol. The van der Waals surface area contributed by atoms with Gasteiger partial charge in [-0.3, -0.25) is 14.7 Å². The Balaban J connectivity index is 0.000000331. The Labute approximate surface area is 693 Å². The third kappa shape index (κ3) is 28.4. The third-order valence-corrected chi connectivity index (χ3v) is 18.7. The van der Waals surface area contributed by atoms with Gasteiger partial charge >= 0.3 is 18.2 Å². The minimum Gasteiger partial charge on any atom is -0.490 e. The molecule has 1 aromatic heterocycles. The van der Waals surface area contributed by atoms with Gasteiger partial charge in [-0.25, -0.2) is 19.4 Å². The van der Waals surface area contributed by atoms with Gasteiger partial charge in [0, 0.05) is 369 Å². The largest absolute Gasteiger partial charge is 0.490 e. The van der Waals surface area contributed by atoms with Crippen molar-refractivity contribution in [3.05, 3.63) is 72.8 Å². The molecule has 0 saturated heterocycles. The topological polar surface area (TPSA) is 189 Å². The van der Waals surface area contributed by atoms with Gasteiger partial charge in [0.2, 0.25) is 0 Å². The molecule has 63 heteroatoms. The highest BCUT2D eigenvalue weighted by Crippen LogP contribution is 2.39. The molecule has 0 saturated carbocycles. The molecule has 3 aliphatic rings. The second kappa shape index (κ2) is 44.5. The van der Waals surface area contributed by atoms with Crippen LogP contribution in [0.5, 0.6) is 17.2 Å². The molecule has 0 unspecified atom stereocenters. The van der Waals surface area contributed by atoms with Gasteiger partial charge in [0.05, 0.1) is 55.3 Å². The highest BCUT2D eigenvalue weighted by atomic mass is 16.6. The zero-order chi connectivity index (χ0) is 82.8. The summed E-state index contributed by atoms with van der Waals surface area (Å²) in [5, 5.41) is 6.03. The van der Waals surface area contributed by atoms with Crippen molar-refractivity contribution in [3.8, 4) is 17.2 Å². The van der Waals surface area contributed by atoms with Gasteiger partial charge in [-0.15, -0.1) is 0 Å². The number of nitrogens with zero attached hydrogens (tertiary/aromatic N) is 5. The number of nitrogens with two attached hydrogens (primary N) is 1. The Kier molecular flexibility index (Phi) is 40.0. The van der Waals surface area contributed by atoms with Crippen LogP contribution in [0, 0.1) is 0 Å². The van der Waals surface area contributed by atoms with Crippen molar-refractivity contribution in [1.82, 2.24) is 15.3 Å². The lowest BCUT2D eigenvalue weighted by molar-refractivity contribution is 0.0557. The van der Waals surface area contributed by atoms with Crippen molar-refractivity contribution in [3.63, 3.8) is 0 Å². The van der Waals surface area contributed by atoms with Crippen LogP contribution in [0.25, 0.3) is 0 Å². The molecule has 0 spiro atoms. The van der Waals surface area contributed by atoms with Crippen molar-refractivity contribution in [1.29, 1.82) is 0 Å². The number of fused-ring (bicyclic) bond motifs is 3. The van der Waals surface area contributed by atoms with Gasteiger partial charge in [-0.05, 0) is 124 Å². The molecule has 0 bridgehead atoms. The number of benzene rings is 3. The predicted molar refractivity (Wildman–Crippen MR) is 513 cm³/mol. The van der Waals surface area contributed by atoms with E-state index in [9.17, 15) is 14.4 Å². The summed E-state index contributed by atoms with van der Waals surface area (Å²) in [7, 11) is 154. The number of urea groups is 1. The molecule has 3 aliphatic heterocycles. The summed E-state index contributed by atoms with van der Waals surface area (Å²) in [6.45, 7) is 23.3. The molecule has 48 radical (unpaired) electrons. The van der Waals surface area contributed by atoms with E-state index in [2.05, 4.69) is 39.3 Å². The first-order valence-corrected chi connectivity index (χ1v) is 36.3. The fourth-order valence-corrected chi connectivity index (χ4v) is 14.5. The number of amides is 4. The molecule has 0 aliphatic carbocycles. The minimum absolute atomic E-state index is 0.0496. The van der Waals surface area contributed by atoms with Gasteiger partial charge in [0.15, 0.2) is 0 Å². The summed E-state index contributed by atoms with van der Waals surface area (Å²) in [6, 6.07) is 17.1. The molecule has 0 atom stereocenters. The highest BCUT2D eigenvalue weighted by Gasteiger charge is 2.59. The zero-order valence-electron chi connectivity index (χ0n) is 65.1. The van der Waals surface area contributed by atoms with E-state index in [1.165, 1.54) is 0 Å². The van der Waals surface area contributed by atoms with E-state index >= 15 is 0 Å². The van der Waals surface area contributed by atoms with Gasteiger partial charge in [-0.1, -0.05) is 0 Å². The number of nitrogens with one attached hydrogen (secondary N) is 3. The minimum atomic E-state index is -1.30. The van der Waals surface area contributed by atoms with Crippen LogP contribution >= 0.6 is 0 Å². The molecule has 7 rings (SSSR count). The third-order valence-electron chi connectivity index (χ3n) is 18.7. The molecule has 4 heterocycles. The maximum Gasteiger partial charge on any atom is 0.415 e. The highest BCUT2D eigenvalue weighted by molar-refractivity contribution is 8.34. The number of rotatable bonds is 27. The van der Waals surface area contributed by atoms with Crippen LogP contribution in [0.4, 0.5) is 48.5 Å². The van der Waals surface area contributed by atoms with E-state index in [4.69, 9.17) is 215 Å². The number of hydrogen-bond acceptors (Lipinski definition) is 12. The molecule has 4 amide bonds. The second-order valence-corrected chi connectivity index (χ2v) is 30.4. The molecule has 17 nitrogen and oxygen atoms in total. The van der Waals surface area contributed by atoms with Crippen LogP contribution in [0.15, 0.2) is 67.1 Å². The van der Waals surface area contributed by atoms with E-state index in [1.807, 2.05) is 98.0 Å². The van der Waals surface area contributed by atoms with Crippen LogP contribution in [-0.2, 0) is 16.0 Å². The van der Waals surface area contributed by atoms with Gasteiger partial charge in [0.1, 0.15) is 48.3 Å². The summed E-state index contributed by atoms with van der Waals surface area (Å²) in [5.74, 6) is 2.20. The lowest BCUT2D eigenvalue weighted by atomic mass is 8.25. The summed E-state index contributed by atoms with van der Waals surface area (Å²) in [6.07, 6.45) is -24.4. The van der Waals surface area contributed by atoms with Gasteiger partial charge < -0.3 is 49.9 Å². The summed E-state index contributed by atoms with van der Waals surface area (Å²) in [5.41, 5.74) is 10.6. The number of imidazole rings is 1. The molecule has 0 fully saturated rings. The zero-order valence-corrected chi connectivity index (χ0v) is 65.1. The Morgan fingerprint density at radius 1 is 0.495 bits per heavy atom. The second-order valence-electron chi connectivity index (χ2n) is 30.4. The number of hydrogen-bond donors (Lipinski definition) is 4. The maximum atomic E-state index is 12.3. The molecule has 109 heavy (non-hydrogen) atoms. The molecular weight excluding hydrogens is 1300 g/mol. The van der Waals surface area contributed by atoms with Crippen molar-refractivity contribution in [2.45, 2.75) is 99.1 Å². The van der Waals surface area contributed by atoms with Crippen LogP contribution < -0.4 is 50.2 Å². The Hall–Kier alpha value is -3.53. The first-order valence-electron chi connectivity index (χ1n) is 36.3. The van der Waals surface area contributed by atoms with Crippen LogP contribution in [0.1, 0.15) is 74.9 Å². The quantitative estimate of drug-likeness (QED) is 0.0327. The summed E-state index contributed by atoms with van der Waals surface area (Å²) in [4.78, 5) is 51.0. The average Bonchev–Trinajstić information content (AvgIpc) is 0.789. The fraction of sp³-hybridized carbons (Fsp3) is 0.478. The van der Waals surface area contributed by atoms with Gasteiger partial charge in [0.25, 0.3) is 0 Å². The van der Waals surface area contributed by atoms with Gasteiger partial charge in [-0.2, -0.15) is 0 Å². The van der Waals surface area contributed by atoms with Crippen LogP contribution in [0.2, 0.25) is 0 Å². The first-order chi connectivity index (χ1) is 50.6. The Morgan fingerprint density at radius 2 is 0.835 bits per heavy atom. The standard InChI is InChI=1S/C17H23N5O2.C16H24N2O3.C13H18N2O3.B46/c1-12(2)22(17(23)18-3)14-4-5-16-15(8-14)21(6-7-24-16)10-13-9-19-11-20-13;1-11(2)17-12-6-7-14-13(10-12)18(8-9-20-14)15(19)21-16(3,4)5;1-13(2,3)18-12(16)15-6-7-17-11-5-4-9(14)8-10(11)15;1-25(2)37(26(3)4)43(38(27(5)6)28(7)8)46(44(39(29(9)10)30(11)12)40(31(13)14)32(15)16)45(41(33(17)18)34(19)20)42(35(21)22)36(23)24/h4-5,8-9,11-12H,6-7,10H2,1-3H3,(H,18,23)(H,19,20);6-7,10-11,17H,8-9H2,1-5H3;4-5,8H,6-7,14H2,1-3H3;. The number of nitrogen functional groups attached to an aromatic ring is 1. The van der Waals surface area contributed by atoms with E-state index in [1.54, 1.807) is 46.3 Å². The summed E-state index contributed by atoms with van der Waals surface area (Å²) < 4.78 is 27.7. The number of anilines is 6. The smallest absolute Gasteiger partial charge is 0.415 e. The number of carbonyl (C=O) groups excluding carboxylic acids is 3. The lowest BCUT2D eigenvalue weighted by Crippen LogP contribution is -2.94. The van der Waals surface area contributed by atoms with Crippen molar-refractivity contribution in [2.75, 3.05) is 77.2 Å². The number of ether oxygens (including phenoxy) is 5. The SMILES string of the molecule is CC(C)(C)OC(=O)N1CCOc2ccc(N)cc21.CC(C)Nc1ccc2c(c1)N(C(=O)OC(C)(C)C)CCO2.CNC(=O)N(c1ccc2c(c1)N(Cc1cnc[nH]1)CCO2)C(C)C.[B]B([B])B(B([B])[B])B(B(B([B])[B])B([B])[B])B(B(B(B([B])[B])B([B])[B])B(B([B])[B])B([B])[B])B(B(B([B])[B])B([B])[B])B(B([B])[B])B([B])[B]. The molecule has 4 aromatic rings. The van der Waals surface area contributed by atoms with Crippen molar-refractivity contribution in [2.24, 2.45) is 0 Å². The van der Waals surface area contributed by atoms with E-state index in [0.29, 0.717) is 61.8 Å². The normalized spacial score (nSPS) is 12.2. The fourth-order valence-electron chi connectivity index (χ4n) is 14.5. The number of carbonyl (C=O) groups is 3. The predicted octanol–water partition coefficient (Wildman–Crippen LogP) is -9.11. The molecular formula is C46H65B46N9O8. The summed E-state index contributed by atoms with van der Waals surface area (Å²) >= 11 is 0. The molecule has 480 valence electrons. The lowest BCUT2D eigenvalue weighted by Gasteiger charge is -2.56. The van der Waals surface area contributed by atoms with E-state index < -0.39 is 152 Å². The maximum absolute atomic E-state index is 12.3. The molecule has 5 N–H and O–H groups in total. The molecule has 3 aromatic carbocycles. The Morgan fingerprint density at radius 3 is 1.17 bits per heavy atom. The first kappa shape index (κ1) is 97.8. The van der Waals surface area contributed by atoms with E-state index in [-0.39, 0.29) is 24.3 Å². The van der Waals surface area contributed by atoms with Crippen LogP contribution in [0.3, 0.4) is 0 Å². The monoisotopic (exact) mass is 1380 g/mol. The van der Waals surface area contributed by atoms with Crippen molar-refractivity contribution >= 4 is 379 Å². The van der Waals surface area contributed by atoms with Crippen LogP contribution in [-0.4, -0.2) is 424 Å². The Bertz CT molecular complexity index is 3220.